The van der Waals surface area contributed by atoms with E-state index in [1.165, 1.54) is 12.3 Å². The third-order valence-corrected chi connectivity index (χ3v) is 3.59. The van der Waals surface area contributed by atoms with Crippen LogP contribution in [0.2, 0.25) is 0 Å². The molecule has 0 unspecified atom stereocenters. The molecule has 1 saturated heterocycles. The van der Waals surface area contributed by atoms with E-state index in [9.17, 15) is 4.79 Å². The molecule has 3 rings (SSSR count). The predicted octanol–water partition coefficient (Wildman–Crippen LogP) is 1.78. The molecule has 1 aliphatic heterocycles. The first-order valence-corrected chi connectivity index (χ1v) is 7.27. The van der Waals surface area contributed by atoms with Gasteiger partial charge >= 0.3 is 0 Å². The molecule has 6 nitrogen and oxygen atoms in total. The van der Waals surface area contributed by atoms with Crippen LogP contribution in [0.15, 0.2) is 47.2 Å². The fourth-order valence-corrected chi connectivity index (χ4v) is 2.40. The Kier molecular flexibility index (Phi) is 4.82. The molecule has 1 aromatic carbocycles. The lowest BCUT2D eigenvalue weighted by atomic mass is 10.1. The molecule has 1 aromatic heterocycles. The van der Waals surface area contributed by atoms with E-state index in [0.717, 1.165) is 12.0 Å². The summed E-state index contributed by atoms with van der Waals surface area (Å²) in [6.07, 6.45) is 2.04. The monoisotopic (exact) mass is 302 g/mol. The number of aromatic nitrogens is 1. The van der Waals surface area contributed by atoms with Crippen molar-refractivity contribution in [2.45, 2.75) is 25.2 Å². The first-order valence-electron chi connectivity index (χ1n) is 7.27. The van der Waals surface area contributed by atoms with E-state index < -0.39 is 0 Å². The average Bonchev–Trinajstić information content (AvgIpc) is 3.10. The number of amides is 1. The van der Waals surface area contributed by atoms with Crippen molar-refractivity contribution in [2.75, 3.05) is 13.2 Å². The van der Waals surface area contributed by atoms with E-state index >= 15 is 0 Å². The van der Waals surface area contributed by atoms with Crippen LogP contribution in [-0.2, 0) is 16.1 Å². The maximum Gasteiger partial charge on any atom is 0.273 e. The maximum absolute atomic E-state index is 12.0. The molecule has 2 atom stereocenters. The van der Waals surface area contributed by atoms with Gasteiger partial charge in [0, 0.05) is 12.7 Å². The van der Waals surface area contributed by atoms with Crippen molar-refractivity contribution in [3.63, 3.8) is 0 Å². The molecule has 0 aliphatic carbocycles. The molecule has 1 N–H and O–H groups in total. The summed E-state index contributed by atoms with van der Waals surface area (Å²) in [5.74, 6) is -0.280. The van der Waals surface area contributed by atoms with Gasteiger partial charge in [-0.2, -0.15) is 0 Å². The highest BCUT2D eigenvalue weighted by atomic mass is 16.5. The quantitative estimate of drug-likeness (QED) is 0.911. The molecule has 6 heteroatoms. The van der Waals surface area contributed by atoms with Crippen LogP contribution in [-0.4, -0.2) is 36.4 Å². The van der Waals surface area contributed by atoms with E-state index in [1.807, 2.05) is 30.3 Å². The van der Waals surface area contributed by atoms with Crippen LogP contribution < -0.4 is 5.32 Å². The molecule has 1 amide bonds. The average molecular weight is 302 g/mol. The van der Waals surface area contributed by atoms with Crippen molar-refractivity contribution in [1.82, 2.24) is 10.5 Å². The molecule has 0 radical (unpaired) electrons. The zero-order valence-electron chi connectivity index (χ0n) is 12.1. The smallest absolute Gasteiger partial charge is 0.273 e. The topological polar surface area (TPSA) is 73.6 Å². The van der Waals surface area contributed by atoms with Gasteiger partial charge in [0.2, 0.25) is 0 Å². The van der Waals surface area contributed by atoms with Crippen LogP contribution in [0.3, 0.4) is 0 Å². The fraction of sp³-hybridized carbons (Fsp3) is 0.375. The van der Waals surface area contributed by atoms with Gasteiger partial charge in [-0.05, 0) is 12.0 Å². The first kappa shape index (κ1) is 14.7. The Morgan fingerprint density at radius 3 is 2.95 bits per heavy atom. The zero-order chi connectivity index (χ0) is 15.2. The second kappa shape index (κ2) is 7.20. The molecule has 0 spiro atoms. The van der Waals surface area contributed by atoms with E-state index in [0.29, 0.717) is 19.8 Å². The Labute approximate surface area is 128 Å². The first-order chi connectivity index (χ1) is 10.8. The molecular weight excluding hydrogens is 284 g/mol. The second-order valence-corrected chi connectivity index (χ2v) is 5.16. The highest BCUT2D eigenvalue weighted by molar-refractivity contribution is 5.92. The lowest BCUT2D eigenvalue weighted by molar-refractivity contribution is -0.0605. The van der Waals surface area contributed by atoms with Crippen LogP contribution in [0, 0.1) is 0 Å². The van der Waals surface area contributed by atoms with Gasteiger partial charge in [0.15, 0.2) is 5.69 Å². The van der Waals surface area contributed by atoms with Crippen molar-refractivity contribution in [1.29, 1.82) is 0 Å². The summed E-state index contributed by atoms with van der Waals surface area (Å²) in [5, 5.41) is 6.53. The minimum absolute atomic E-state index is 0.0789. The Balaban J connectivity index is 1.57. The summed E-state index contributed by atoms with van der Waals surface area (Å²) < 4.78 is 16.1. The van der Waals surface area contributed by atoms with Crippen LogP contribution >= 0.6 is 0 Å². The minimum Gasteiger partial charge on any atom is -0.379 e. The van der Waals surface area contributed by atoms with Gasteiger partial charge in [0.05, 0.1) is 25.4 Å². The van der Waals surface area contributed by atoms with Crippen molar-refractivity contribution in [3.8, 4) is 0 Å². The van der Waals surface area contributed by atoms with Crippen molar-refractivity contribution in [3.05, 3.63) is 53.9 Å². The van der Waals surface area contributed by atoms with E-state index in [2.05, 4.69) is 15.0 Å². The lowest BCUT2D eigenvalue weighted by Crippen LogP contribution is -2.50. The third-order valence-electron chi connectivity index (χ3n) is 3.59. The third kappa shape index (κ3) is 3.72. The molecule has 2 aromatic rings. The lowest BCUT2D eigenvalue weighted by Gasteiger charge is -2.31. The maximum atomic E-state index is 12.0. The molecule has 1 fully saturated rings. The summed E-state index contributed by atoms with van der Waals surface area (Å²) in [5.41, 5.74) is 1.36. The van der Waals surface area contributed by atoms with Crippen LogP contribution in [0.1, 0.15) is 22.5 Å². The number of nitrogens with zero attached hydrogens (tertiary/aromatic N) is 1. The van der Waals surface area contributed by atoms with Crippen molar-refractivity contribution >= 4 is 5.91 Å². The summed E-state index contributed by atoms with van der Waals surface area (Å²) in [6, 6.07) is 11.3. The number of hydrogen-bond donors (Lipinski definition) is 1. The molecule has 0 bridgehead atoms. The molecule has 0 saturated carbocycles. The minimum atomic E-state index is -0.280. The van der Waals surface area contributed by atoms with Gasteiger partial charge < -0.3 is 19.3 Å². The fourth-order valence-electron chi connectivity index (χ4n) is 2.40. The number of carbonyl (C=O) groups is 1. The van der Waals surface area contributed by atoms with E-state index in [1.54, 1.807) is 0 Å². The predicted molar refractivity (Wildman–Crippen MR) is 78.2 cm³/mol. The van der Waals surface area contributed by atoms with Crippen molar-refractivity contribution < 1.29 is 18.8 Å². The summed E-state index contributed by atoms with van der Waals surface area (Å²) >= 11 is 0. The Morgan fingerprint density at radius 2 is 2.18 bits per heavy atom. The second-order valence-electron chi connectivity index (χ2n) is 5.16. The van der Waals surface area contributed by atoms with E-state index in [-0.39, 0.29) is 23.7 Å². The van der Waals surface area contributed by atoms with Crippen LogP contribution in [0.25, 0.3) is 0 Å². The number of carbonyl (C=O) groups excluding carboxylic acids is 1. The molecule has 1 aliphatic rings. The normalized spacial score (nSPS) is 21.5. The summed E-state index contributed by atoms with van der Waals surface area (Å²) in [6.45, 7) is 1.58. The Morgan fingerprint density at radius 1 is 1.32 bits per heavy atom. The molecule has 22 heavy (non-hydrogen) atoms. The Bertz CT molecular complexity index is 585. The number of nitrogens with one attached hydrogen (secondary N) is 1. The van der Waals surface area contributed by atoms with Crippen LogP contribution in [0.5, 0.6) is 0 Å². The number of rotatable bonds is 5. The van der Waals surface area contributed by atoms with Gasteiger partial charge in [-0.15, -0.1) is 0 Å². The molecule has 2 heterocycles. The molecule has 116 valence electrons. The van der Waals surface area contributed by atoms with Gasteiger partial charge in [0.1, 0.15) is 6.26 Å². The van der Waals surface area contributed by atoms with Crippen molar-refractivity contribution in [2.24, 2.45) is 0 Å². The van der Waals surface area contributed by atoms with Gasteiger partial charge in [0.25, 0.3) is 5.91 Å². The Hall–Kier alpha value is -2.18. The SMILES string of the molecule is O=C(N[C@@H]1COCC[C@@H]1OCc1ccccc1)c1ccon1. The summed E-state index contributed by atoms with van der Waals surface area (Å²) in [4.78, 5) is 12.0. The number of hydrogen-bond acceptors (Lipinski definition) is 5. The van der Waals surface area contributed by atoms with Gasteiger partial charge in [-0.3, -0.25) is 4.79 Å². The van der Waals surface area contributed by atoms with Gasteiger partial charge in [-0.25, -0.2) is 0 Å². The zero-order valence-corrected chi connectivity index (χ0v) is 12.1. The standard InChI is InChI=1S/C16H18N2O4/c19-16(13-6-9-22-18-13)17-14-11-20-8-7-15(14)21-10-12-4-2-1-3-5-12/h1-6,9,14-15H,7-8,10-11H2,(H,17,19)/t14-,15+/m1/s1. The summed E-state index contributed by atoms with van der Waals surface area (Å²) in [7, 11) is 0. The molecular formula is C16H18N2O4. The highest BCUT2D eigenvalue weighted by Gasteiger charge is 2.28. The number of benzene rings is 1. The number of ether oxygens (including phenoxy) is 2. The van der Waals surface area contributed by atoms with Crippen LogP contribution in [0.4, 0.5) is 0 Å². The van der Waals surface area contributed by atoms with E-state index in [4.69, 9.17) is 9.47 Å². The largest absolute Gasteiger partial charge is 0.379 e. The highest BCUT2D eigenvalue weighted by Crippen LogP contribution is 2.15. The van der Waals surface area contributed by atoms with Gasteiger partial charge in [-0.1, -0.05) is 35.5 Å².